The summed E-state index contributed by atoms with van der Waals surface area (Å²) in [6.45, 7) is 5.56. The highest BCUT2D eigenvalue weighted by Crippen LogP contribution is 2.40. The van der Waals surface area contributed by atoms with Gasteiger partial charge in [0.15, 0.2) is 5.69 Å². The van der Waals surface area contributed by atoms with Crippen LogP contribution in [0.25, 0.3) is 0 Å². The molecule has 2 aliphatic heterocycles. The summed E-state index contributed by atoms with van der Waals surface area (Å²) in [5, 5.41) is 3.97. The van der Waals surface area contributed by atoms with Crippen molar-refractivity contribution >= 4 is 11.7 Å². The highest BCUT2D eigenvalue weighted by Gasteiger charge is 2.38. The van der Waals surface area contributed by atoms with Crippen LogP contribution in [0.1, 0.15) is 35.0 Å². The van der Waals surface area contributed by atoms with Gasteiger partial charge in [0, 0.05) is 63.5 Å². The van der Waals surface area contributed by atoms with Crippen LogP contribution < -0.4 is 4.90 Å². The number of hydrogen-bond acceptors (Lipinski definition) is 6. The number of hydrogen-bond donors (Lipinski definition) is 0. The molecular formula is C19H23N5O2. The Hall–Kier alpha value is -2.41. The summed E-state index contributed by atoms with van der Waals surface area (Å²) in [6.07, 6.45) is 4.15. The Labute approximate surface area is 152 Å². The highest BCUT2D eigenvalue weighted by atomic mass is 16.5. The van der Waals surface area contributed by atoms with Gasteiger partial charge in [-0.15, -0.1) is 0 Å². The fraction of sp³-hybridized carbons (Fsp3) is 0.526. The molecule has 2 saturated heterocycles. The van der Waals surface area contributed by atoms with E-state index < -0.39 is 0 Å². The molecule has 0 spiro atoms. The molecule has 1 aliphatic carbocycles. The van der Waals surface area contributed by atoms with E-state index in [-0.39, 0.29) is 5.91 Å². The van der Waals surface area contributed by atoms with Crippen LogP contribution in [0.4, 0.5) is 5.82 Å². The topological polar surface area (TPSA) is 65.7 Å². The minimum absolute atomic E-state index is 0.00372. The quantitative estimate of drug-likeness (QED) is 0.832. The number of likely N-dealkylation sites (tertiary alicyclic amines) is 1. The van der Waals surface area contributed by atoms with Crippen molar-refractivity contribution in [3.63, 3.8) is 0 Å². The molecular weight excluding hydrogens is 330 g/mol. The van der Waals surface area contributed by atoms with E-state index in [2.05, 4.69) is 26.0 Å². The third-order valence-electron chi connectivity index (χ3n) is 5.68. The first-order valence-corrected chi connectivity index (χ1v) is 9.44. The number of carbonyl (C=O) groups is 1. The molecule has 26 heavy (non-hydrogen) atoms. The number of aromatic nitrogens is 2. The molecule has 136 valence electrons. The van der Waals surface area contributed by atoms with Crippen molar-refractivity contribution in [2.75, 3.05) is 44.2 Å². The Balaban J connectivity index is 1.12. The molecule has 2 aromatic heterocycles. The van der Waals surface area contributed by atoms with Gasteiger partial charge in [-0.2, -0.15) is 0 Å². The third-order valence-corrected chi connectivity index (χ3v) is 5.68. The molecule has 4 heterocycles. The van der Waals surface area contributed by atoms with E-state index in [9.17, 15) is 4.79 Å². The van der Waals surface area contributed by atoms with E-state index >= 15 is 0 Å². The average molecular weight is 353 g/mol. The zero-order chi connectivity index (χ0) is 17.5. The van der Waals surface area contributed by atoms with Crippen molar-refractivity contribution in [1.82, 2.24) is 19.9 Å². The molecule has 7 nitrogen and oxygen atoms in total. The molecule has 0 atom stereocenters. The van der Waals surface area contributed by atoms with Crippen LogP contribution >= 0.6 is 0 Å². The lowest BCUT2D eigenvalue weighted by molar-refractivity contribution is 0.0239. The summed E-state index contributed by atoms with van der Waals surface area (Å²) in [6, 6.07) is 8.33. The summed E-state index contributed by atoms with van der Waals surface area (Å²) in [4.78, 5) is 23.6. The Bertz CT molecular complexity index is 774. The monoisotopic (exact) mass is 353 g/mol. The molecule has 1 amide bonds. The van der Waals surface area contributed by atoms with Crippen LogP contribution in [0.15, 0.2) is 35.0 Å². The Kier molecular flexibility index (Phi) is 3.89. The van der Waals surface area contributed by atoms with Crippen LogP contribution in [0.3, 0.4) is 0 Å². The molecule has 1 saturated carbocycles. The number of rotatable bonds is 4. The number of piperazine rings is 1. The fourth-order valence-electron chi connectivity index (χ4n) is 3.82. The first kappa shape index (κ1) is 15.8. The maximum Gasteiger partial charge on any atom is 0.276 e. The second-order valence-electron chi connectivity index (χ2n) is 7.46. The first-order chi connectivity index (χ1) is 12.8. The van der Waals surface area contributed by atoms with E-state index in [1.807, 2.05) is 29.3 Å². The number of nitrogens with zero attached hydrogens (tertiary/aromatic N) is 5. The van der Waals surface area contributed by atoms with Gasteiger partial charge in [-0.1, -0.05) is 11.2 Å². The molecule has 0 N–H and O–H groups in total. The lowest BCUT2D eigenvalue weighted by Gasteiger charge is -2.48. The third kappa shape index (κ3) is 2.96. The molecule has 7 heteroatoms. The predicted molar refractivity (Wildman–Crippen MR) is 96.2 cm³/mol. The molecule has 5 rings (SSSR count). The van der Waals surface area contributed by atoms with Crippen LogP contribution in [-0.4, -0.2) is 71.2 Å². The SMILES string of the molecule is O=C(c1cc(C2CC2)on1)N1CC(N2CCN(c3ccccn3)CC2)C1. The van der Waals surface area contributed by atoms with Gasteiger partial charge < -0.3 is 14.3 Å². The van der Waals surface area contributed by atoms with Gasteiger partial charge in [0.25, 0.3) is 5.91 Å². The summed E-state index contributed by atoms with van der Waals surface area (Å²) >= 11 is 0. The lowest BCUT2D eigenvalue weighted by Crippen LogP contribution is -2.64. The zero-order valence-corrected chi connectivity index (χ0v) is 14.8. The van der Waals surface area contributed by atoms with Crippen LogP contribution in [0, 0.1) is 0 Å². The number of carbonyl (C=O) groups excluding carboxylic acids is 1. The smallest absolute Gasteiger partial charge is 0.276 e. The highest BCUT2D eigenvalue weighted by molar-refractivity contribution is 5.93. The van der Waals surface area contributed by atoms with Gasteiger partial charge in [-0.3, -0.25) is 9.69 Å². The minimum Gasteiger partial charge on any atom is -0.360 e. The van der Waals surface area contributed by atoms with Gasteiger partial charge in [-0.25, -0.2) is 4.98 Å². The van der Waals surface area contributed by atoms with Gasteiger partial charge in [0.2, 0.25) is 0 Å². The molecule has 2 aromatic rings. The Morgan fingerprint density at radius 3 is 2.62 bits per heavy atom. The minimum atomic E-state index is 0.00372. The number of anilines is 1. The fourth-order valence-corrected chi connectivity index (χ4v) is 3.82. The van der Waals surface area contributed by atoms with Crippen LogP contribution in [-0.2, 0) is 0 Å². The van der Waals surface area contributed by atoms with Crippen molar-refractivity contribution in [2.24, 2.45) is 0 Å². The van der Waals surface area contributed by atoms with Gasteiger partial charge in [0.05, 0.1) is 0 Å². The van der Waals surface area contributed by atoms with Gasteiger partial charge >= 0.3 is 0 Å². The largest absolute Gasteiger partial charge is 0.360 e. The number of pyridine rings is 1. The van der Waals surface area contributed by atoms with Crippen molar-refractivity contribution in [2.45, 2.75) is 24.8 Å². The molecule has 0 bridgehead atoms. The van der Waals surface area contributed by atoms with E-state index in [0.717, 1.165) is 63.7 Å². The summed E-state index contributed by atoms with van der Waals surface area (Å²) in [7, 11) is 0. The molecule has 0 radical (unpaired) electrons. The van der Waals surface area contributed by atoms with Crippen molar-refractivity contribution in [3.05, 3.63) is 41.9 Å². The van der Waals surface area contributed by atoms with Gasteiger partial charge in [0.1, 0.15) is 11.6 Å². The van der Waals surface area contributed by atoms with E-state index in [0.29, 0.717) is 17.7 Å². The second kappa shape index (κ2) is 6.39. The summed E-state index contributed by atoms with van der Waals surface area (Å²) in [5.41, 5.74) is 0.463. The Morgan fingerprint density at radius 2 is 1.92 bits per heavy atom. The van der Waals surface area contributed by atoms with E-state index in [1.54, 1.807) is 0 Å². The summed E-state index contributed by atoms with van der Waals surface area (Å²) < 4.78 is 5.31. The van der Waals surface area contributed by atoms with Crippen molar-refractivity contribution in [1.29, 1.82) is 0 Å². The lowest BCUT2D eigenvalue weighted by atomic mass is 10.1. The molecule has 0 aromatic carbocycles. The average Bonchev–Trinajstić information content (AvgIpc) is 3.38. The maximum atomic E-state index is 12.5. The van der Waals surface area contributed by atoms with Crippen molar-refractivity contribution in [3.8, 4) is 0 Å². The van der Waals surface area contributed by atoms with E-state index in [1.165, 1.54) is 0 Å². The van der Waals surface area contributed by atoms with Crippen LogP contribution in [0.2, 0.25) is 0 Å². The summed E-state index contributed by atoms with van der Waals surface area (Å²) in [5.74, 6) is 2.42. The Morgan fingerprint density at radius 1 is 1.12 bits per heavy atom. The standard InChI is InChI=1S/C19H23N5O2/c25-19(16-11-17(26-21-16)14-4-5-14)24-12-15(13-24)22-7-9-23(10-8-22)18-3-1-2-6-20-18/h1-3,6,11,14-15H,4-5,7-10,12-13H2. The molecule has 0 unspecified atom stereocenters. The molecule has 3 aliphatic rings. The normalized spacial score (nSPS) is 21.7. The maximum absolute atomic E-state index is 12.5. The van der Waals surface area contributed by atoms with Crippen LogP contribution in [0.5, 0.6) is 0 Å². The predicted octanol–water partition coefficient (Wildman–Crippen LogP) is 1.59. The first-order valence-electron chi connectivity index (χ1n) is 9.44. The van der Waals surface area contributed by atoms with Crippen molar-refractivity contribution < 1.29 is 9.32 Å². The van der Waals surface area contributed by atoms with Gasteiger partial charge in [-0.05, 0) is 25.0 Å². The second-order valence-corrected chi connectivity index (χ2v) is 7.46. The number of amides is 1. The van der Waals surface area contributed by atoms with E-state index in [4.69, 9.17) is 4.52 Å². The zero-order valence-electron chi connectivity index (χ0n) is 14.8. The molecule has 3 fully saturated rings.